The third-order valence-corrected chi connectivity index (χ3v) is 5.73. The molecule has 0 unspecified atom stereocenters. The predicted molar refractivity (Wildman–Crippen MR) is 125 cm³/mol. The molecular formula is C21H35IN4O2. The third kappa shape index (κ3) is 5.97. The number of nitrogens with one attached hydrogen (secondary N) is 2. The molecule has 7 heteroatoms. The van der Waals surface area contributed by atoms with Crippen molar-refractivity contribution in [2.45, 2.75) is 44.7 Å². The van der Waals surface area contributed by atoms with Crippen LogP contribution in [0.15, 0.2) is 29.3 Å². The van der Waals surface area contributed by atoms with E-state index in [4.69, 9.17) is 9.47 Å². The number of halogens is 1. The van der Waals surface area contributed by atoms with Gasteiger partial charge in [-0.3, -0.25) is 9.89 Å². The molecule has 0 atom stereocenters. The highest BCUT2D eigenvalue weighted by Gasteiger charge is 2.39. The van der Waals surface area contributed by atoms with Gasteiger partial charge in [0.2, 0.25) is 0 Å². The van der Waals surface area contributed by atoms with Crippen molar-refractivity contribution in [1.82, 2.24) is 15.5 Å². The van der Waals surface area contributed by atoms with Crippen molar-refractivity contribution in [1.29, 1.82) is 0 Å². The smallest absolute Gasteiger partial charge is 0.191 e. The molecular weight excluding hydrogens is 467 g/mol. The molecule has 6 nitrogen and oxygen atoms in total. The van der Waals surface area contributed by atoms with Gasteiger partial charge >= 0.3 is 0 Å². The maximum Gasteiger partial charge on any atom is 0.191 e. The fourth-order valence-corrected chi connectivity index (χ4v) is 4.14. The Morgan fingerprint density at radius 2 is 1.89 bits per heavy atom. The highest BCUT2D eigenvalue weighted by Crippen LogP contribution is 2.30. The molecule has 2 aliphatic heterocycles. The molecule has 158 valence electrons. The second kappa shape index (κ2) is 11.8. The first-order chi connectivity index (χ1) is 13.3. The average Bonchev–Trinajstić information content (AvgIpc) is 3.26. The molecule has 0 radical (unpaired) electrons. The van der Waals surface area contributed by atoms with E-state index in [-0.39, 0.29) is 29.5 Å². The lowest BCUT2D eigenvalue weighted by atomic mass is 9.88. The Kier molecular flexibility index (Phi) is 9.81. The van der Waals surface area contributed by atoms with Crippen molar-refractivity contribution < 1.29 is 9.47 Å². The van der Waals surface area contributed by atoms with Crippen LogP contribution in [0.2, 0.25) is 0 Å². The second-order valence-corrected chi connectivity index (χ2v) is 7.35. The Hall–Kier alpha value is -1.06. The van der Waals surface area contributed by atoms with Crippen LogP contribution in [0, 0.1) is 0 Å². The highest BCUT2D eigenvalue weighted by molar-refractivity contribution is 14.0. The van der Waals surface area contributed by atoms with Gasteiger partial charge < -0.3 is 20.1 Å². The van der Waals surface area contributed by atoms with Crippen molar-refractivity contribution in [2.24, 2.45) is 4.99 Å². The molecule has 1 aromatic rings. The van der Waals surface area contributed by atoms with Gasteiger partial charge in [0.05, 0.1) is 6.61 Å². The molecule has 1 aromatic carbocycles. The van der Waals surface area contributed by atoms with Gasteiger partial charge in [-0.05, 0) is 51.8 Å². The molecule has 28 heavy (non-hydrogen) atoms. The lowest BCUT2D eigenvalue weighted by Crippen LogP contribution is -2.58. The molecule has 0 aliphatic carbocycles. The normalized spacial score (nSPS) is 19.7. The first kappa shape index (κ1) is 23.2. The van der Waals surface area contributed by atoms with E-state index in [1.807, 2.05) is 32.2 Å². The van der Waals surface area contributed by atoms with Crippen molar-refractivity contribution in [3.05, 3.63) is 29.8 Å². The van der Waals surface area contributed by atoms with E-state index >= 15 is 0 Å². The van der Waals surface area contributed by atoms with Crippen LogP contribution in [-0.4, -0.2) is 62.9 Å². The molecule has 0 spiro atoms. The number of nitrogens with zero attached hydrogens (tertiary/aromatic N) is 2. The molecule has 0 amide bonds. The molecule has 0 aromatic heterocycles. The zero-order chi connectivity index (χ0) is 19.0. The van der Waals surface area contributed by atoms with Gasteiger partial charge in [0.25, 0.3) is 0 Å². The van der Waals surface area contributed by atoms with Gasteiger partial charge in [0.1, 0.15) is 5.75 Å². The molecule has 2 aliphatic rings. The topological polar surface area (TPSA) is 58.1 Å². The van der Waals surface area contributed by atoms with Crippen LogP contribution >= 0.6 is 24.0 Å². The quantitative estimate of drug-likeness (QED) is 0.341. The molecule has 2 heterocycles. The minimum Gasteiger partial charge on any atom is -0.494 e. The van der Waals surface area contributed by atoms with Crippen LogP contribution in [0.25, 0.3) is 0 Å². The molecule has 2 fully saturated rings. The van der Waals surface area contributed by atoms with E-state index in [0.717, 1.165) is 49.9 Å². The maximum atomic E-state index is 5.72. The Morgan fingerprint density at radius 1 is 1.18 bits per heavy atom. The summed E-state index contributed by atoms with van der Waals surface area (Å²) in [6, 6.07) is 8.16. The maximum absolute atomic E-state index is 5.72. The first-order valence-electron chi connectivity index (χ1n) is 10.3. The summed E-state index contributed by atoms with van der Waals surface area (Å²) in [5.74, 6) is 1.77. The zero-order valence-corrected chi connectivity index (χ0v) is 19.5. The Labute approximate surface area is 186 Å². The van der Waals surface area contributed by atoms with Crippen molar-refractivity contribution in [3.63, 3.8) is 0 Å². The lowest BCUT2D eigenvalue weighted by Gasteiger charge is -2.45. The number of hydrogen-bond donors (Lipinski definition) is 2. The largest absolute Gasteiger partial charge is 0.494 e. The van der Waals surface area contributed by atoms with Crippen LogP contribution in [0.3, 0.4) is 0 Å². The standard InChI is InChI=1S/C21H34N4O2.HI/c1-3-27-19-9-5-4-8-18(19)16-23-20(22-2)24-17-21(10-14-26-15-11-21)25-12-6-7-13-25;/h4-5,8-9H,3,6-7,10-17H2,1-2H3,(H2,22,23,24);1H. The van der Waals surface area contributed by atoms with Crippen molar-refractivity contribution >= 4 is 29.9 Å². The van der Waals surface area contributed by atoms with E-state index in [0.29, 0.717) is 13.2 Å². The summed E-state index contributed by atoms with van der Waals surface area (Å²) in [5.41, 5.74) is 1.33. The molecule has 3 rings (SSSR count). The Balaban J connectivity index is 0.00000280. The average molecular weight is 502 g/mol. The Morgan fingerprint density at radius 3 is 2.57 bits per heavy atom. The second-order valence-electron chi connectivity index (χ2n) is 7.35. The van der Waals surface area contributed by atoms with E-state index in [1.165, 1.54) is 25.9 Å². The number of likely N-dealkylation sites (tertiary alicyclic amines) is 1. The van der Waals surface area contributed by atoms with E-state index < -0.39 is 0 Å². The first-order valence-corrected chi connectivity index (χ1v) is 10.3. The molecule has 0 bridgehead atoms. The third-order valence-electron chi connectivity index (χ3n) is 5.73. The number of benzene rings is 1. The van der Waals surface area contributed by atoms with Gasteiger partial charge in [-0.1, -0.05) is 18.2 Å². The number of para-hydroxylation sites is 1. The Bertz CT molecular complexity index is 614. The summed E-state index contributed by atoms with van der Waals surface area (Å²) in [7, 11) is 1.83. The number of hydrogen-bond acceptors (Lipinski definition) is 4. The van der Waals surface area contributed by atoms with Crippen molar-refractivity contribution in [3.8, 4) is 5.75 Å². The highest BCUT2D eigenvalue weighted by atomic mass is 127. The fourth-order valence-electron chi connectivity index (χ4n) is 4.14. The van der Waals surface area contributed by atoms with Gasteiger partial charge in [-0.15, -0.1) is 24.0 Å². The molecule has 0 saturated carbocycles. The summed E-state index contributed by atoms with van der Waals surface area (Å²) in [5, 5.41) is 7.02. The van der Waals surface area contributed by atoms with Crippen LogP contribution in [0.4, 0.5) is 0 Å². The summed E-state index contributed by atoms with van der Waals surface area (Å²) >= 11 is 0. The molecule has 2 N–H and O–H groups in total. The van der Waals surface area contributed by atoms with E-state index in [9.17, 15) is 0 Å². The summed E-state index contributed by atoms with van der Waals surface area (Å²) in [6.07, 6.45) is 4.79. The fraction of sp³-hybridized carbons (Fsp3) is 0.667. The number of ether oxygens (including phenoxy) is 2. The molecule has 2 saturated heterocycles. The SMILES string of the molecule is CCOc1ccccc1CNC(=NC)NCC1(N2CCCC2)CCOCC1.I. The predicted octanol–water partition coefficient (Wildman–Crippen LogP) is 3.01. The van der Waals surface area contributed by atoms with Crippen LogP contribution in [0.1, 0.15) is 38.2 Å². The van der Waals surface area contributed by atoms with Crippen LogP contribution < -0.4 is 15.4 Å². The summed E-state index contributed by atoms with van der Waals surface area (Å²) in [6.45, 7) is 8.39. The van der Waals surface area contributed by atoms with Gasteiger partial charge in [0.15, 0.2) is 5.96 Å². The minimum absolute atomic E-state index is 0. The van der Waals surface area contributed by atoms with Gasteiger partial charge in [-0.25, -0.2) is 0 Å². The number of guanidine groups is 1. The van der Waals surface area contributed by atoms with Crippen molar-refractivity contribution in [2.75, 3.05) is 46.5 Å². The minimum atomic E-state index is 0. The van der Waals surface area contributed by atoms with Gasteiger partial charge in [-0.2, -0.15) is 0 Å². The zero-order valence-electron chi connectivity index (χ0n) is 17.2. The number of aliphatic imine (C=N–C) groups is 1. The van der Waals surface area contributed by atoms with E-state index in [1.54, 1.807) is 0 Å². The number of rotatable bonds is 7. The van der Waals surface area contributed by atoms with Gasteiger partial charge in [0, 0.05) is 44.5 Å². The monoisotopic (exact) mass is 502 g/mol. The van der Waals surface area contributed by atoms with E-state index in [2.05, 4.69) is 26.6 Å². The lowest BCUT2D eigenvalue weighted by molar-refractivity contribution is -0.0164. The van der Waals surface area contributed by atoms with Crippen LogP contribution in [-0.2, 0) is 11.3 Å². The summed E-state index contributed by atoms with van der Waals surface area (Å²) < 4.78 is 11.4. The summed E-state index contributed by atoms with van der Waals surface area (Å²) in [4.78, 5) is 7.09. The van der Waals surface area contributed by atoms with Crippen LogP contribution in [0.5, 0.6) is 5.75 Å².